The molecule has 6 nitrogen and oxygen atoms in total. The first-order valence-electron chi connectivity index (χ1n) is 11.9. The maximum absolute atomic E-state index is 13.8. The molecule has 1 aromatic carbocycles. The number of hydrogen-bond acceptors (Lipinski definition) is 3. The highest BCUT2D eigenvalue weighted by Gasteiger charge is 2.48. The van der Waals surface area contributed by atoms with Crippen LogP contribution >= 0.6 is 11.6 Å². The Morgan fingerprint density at radius 2 is 1.82 bits per heavy atom. The highest BCUT2D eigenvalue weighted by molar-refractivity contribution is 6.30. The van der Waals surface area contributed by atoms with Crippen molar-refractivity contribution in [2.24, 2.45) is 0 Å². The van der Waals surface area contributed by atoms with Gasteiger partial charge in [0.25, 0.3) is 5.91 Å². The number of halogens is 1. The van der Waals surface area contributed by atoms with Gasteiger partial charge in [-0.15, -0.1) is 0 Å². The normalized spacial score (nSPS) is 22.1. The molecular formula is C26H30ClN3O3. The molecule has 3 heterocycles. The van der Waals surface area contributed by atoms with E-state index in [-0.39, 0.29) is 17.9 Å². The average molecular weight is 468 g/mol. The molecule has 33 heavy (non-hydrogen) atoms. The van der Waals surface area contributed by atoms with E-state index in [1.165, 1.54) is 19.3 Å². The van der Waals surface area contributed by atoms with Gasteiger partial charge < -0.3 is 19.2 Å². The second kappa shape index (κ2) is 8.90. The first kappa shape index (κ1) is 22.1. The number of aromatic nitrogens is 1. The van der Waals surface area contributed by atoms with E-state index >= 15 is 0 Å². The first-order chi connectivity index (χ1) is 16.0. The van der Waals surface area contributed by atoms with Crippen molar-refractivity contribution >= 4 is 34.5 Å². The zero-order valence-electron chi connectivity index (χ0n) is 19.0. The van der Waals surface area contributed by atoms with Crippen LogP contribution in [0.1, 0.15) is 67.9 Å². The number of amides is 2. The molecule has 174 valence electrons. The zero-order valence-corrected chi connectivity index (χ0v) is 19.7. The van der Waals surface area contributed by atoms with Crippen molar-refractivity contribution in [3.05, 3.63) is 58.9 Å². The molecule has 1 aliphatic heterocycles. The van der Waals surface area contributed by atoms with Crippen LogP contribution in [-0.4, -0.2) is 32.9 Å². The average Bonchev–Trinajstić information content (AvgIpc) is 3.36. The minimum Gasteiger partial charge on any atom is -0.463 e. The van der Waals surface area contributed by atoms with Gasteiger partial charge in [-0.2, -0.15) is 0 Å². The van der Waals surface area contributed by atoms with Gasteiger partial charge in [-0.25, -0.2) is 0 Å². The Morgan fingerprint density at radius 3 is 2.55 bits per heavy atom. The molecule has 2 aliphatic rings. The van der Waals surface area contributed by atoms with Crippen LogP contribution in [-0.2, 0) is 17.9 Å². The van der Waals surface area contributed by atoms with Crippen LogP contribution in [0.4, 0.5) is 0 Å². The van der Waals surface area contributed by atoms with E-state index in [2.05, 4.69) is 5.32 Å². The summed E-state index contributed by atoms with van der Waals surface area (Å²) in [6, 6.07) is 11.2. The standard InChI is InChI=1S/C26H30ClN3O3/c1-26(25(32)28-20-7-5-3-2-4-6-8-20)17-29-21-13-14-33-23(21)15-22(29)24(31)30(26)16-18-9-11-19(27)12-10-18/h9-15,20H,2-8,16-17H2,1H3,(H,28,32)/t26-/m1/s1. The van der Waals surface area contributed by atoms with Crippen molar-refractivity contribution in [3.63, 3.8) is 0 Å². The maximum atomic E-state index is 13.8. The summed E-state index contributed by atoms with van der Waals surface area (Å²) < 4.78 is 7.48. The number of nitrogens with one attached hydrogen (secondary N) is 1. The molecule has 0 spiro atoms. The molecule has 0 unspecified atom stereocenters. The molecule has 2 amide bonds. The highest BCUT2D eigenvalue weighted by atomic mass is 35.5. The van der Waals surface area contributed by atoms with Crippen molar-refractivity contribution in [1.29, 1.82) is 0 Å². The summed E-state index contributed by atoms with van der Waals surface area (Å²) in [6.45, 7) is 2.59. The molecule has 1 N–H and O–H groups in total. The lowest BCUT2D eigenvalue weighted by Crippen LogP contribution is -2.64. The van der Waals surface area contributed by atoms with E-state index in [4.69, 9.17) is 16.0 Å². The molecule has 1 aliphatic carbocycles. The highest BCUT2D eigenvalue weighted by Crippen LogP contribution is 2.34. The Bertz CT molecular complexity index is 1160. The Labute approximate surface area is 198 Å². The minimum atomic E-state index is -1.03. The van der Waals surface area contributed by atoms with Crippen molar-refractivity contribution in [1.82, 2.24) is 14.8 Å². The monoisotopic (exact) mass is 467 g/mol. The molecule has 1 saturated carbocycles. The van der Waals surface area contributed by atoms with Crippen molar-refractivity contribution in [2.75, 3.05) is 0 Å². The van der Waals surface area contributed by atoms with Crippen molar-refractivity contribution in [3.8, 4) is 0 Å². The van der Waals surface area contributed by atoms with Crippen LogP contribution in [0.15, 0.2) is 47.1 Å². The van der Waals surface area contributed by atoms with Gasteiger partial charge in [-0.1, -0.05) is 55.8 Å². The quantitative estimate of drug-likeness (QED) is 0.548. The minimum absolute atomic E-state index is 0.0913. The topological polar surface area (TPSA) is 67.5 Å². The summed E-state index contributed by atoms with van der Waals surface area (Å²) in [6.07, 6.45) is 9.58. The molecule has 1 atom stereocenters. The zero-order chi connectivity index (χ0) is 23.0. The summed E-state index contributed by atoms with van der Waals surface area (Å²) in [5, 5.41) is 3.96. The third-order valence-corrected chi connectivity index (χ3v) is 7.48. The van der Waals surface area contributed by atoms with E-state index in [1.54, 1.807) is 17.2 Å². The van der Waals surface area contributed by atoms with Crippen LogP contribution in [0, 0.1) is 0 Å². The third kappa shape index (κ3) is 4.17. The number of fused-ring (bicyclic) bond motifs is 3. The Kier molecular flexibility index (Phi) is 5.95. The van der Waals surface area contributed by atoms with E-state index in [9.17, 15) is 9.59 Å². The molecule has 2 aromatic heterocycles. The maximum Gasteiger partial charge on any atom is 0.271 e. The van der Waals surface area contributed by atoms with Crippen LogP contribution in [0.2, 0.25) is 5.02 Å². The van der Waals surface area contributed by atoms with E-state index < -0.39 is 5.54 Å². The summed E-state index contributed by atoms with van der Waals surface area (Å²) >= 11 is 6.06. The molecule has 0 saturated heterocycles. The predicted molar refractivity (Wildman–Crippen MR) is 128 cm³/mol. The summed E-state index contributed by atoms with van der Waals surface area (Å²) in [4.78, 5) is 29.3. The van der Waals surface area contributed by atoms with Gasteiger partial charge in [-0.3, -0.25) is 9.59 Å². The van der Waals surface area contributed by atoms with Crippen molar-refractivity contribution in [2.45, 2.75) is 76.5 Å². The second-order valence-electron chi connectivity index (χ2n) is 9.59. The van der Waals surface area contributed by atoms with Gasteiger partial charge >= 0.3 is 0 Å². The van der Waals surface area contributed by atoms with Gasteiger partial charge in [0, 0.05) is 29.7 Å². The summed E-state index contributed by atoms with van der Waals surface area (Å²) in [5.74, 6) is -0.260. The van der Waals surface area contributed by atoms with E-state index in [0.717, 1.165) is 36.8 Å². The van der Waals surface area contributed by atoms with Gasteiger partial charge in [0.2, 0.25) is 5.91 Å². The number of carbonyl (C=O) groups is 2. The Hall–Kier alpha value is -2.73. The largest absolute Gasteiger partial charge is 0.463 e. The fourth-order valence-electron chi connectivity index (χ4n) is 5.23. The Balaban J connectivity index is 1.49. The molecule has 7 heteroatoms. The first-order valence-corrected chi connectivity index (χ1v) is 12.3. The Morgan fingerprint density at radius 1 is 1.12 bits per heavy atom. The van der Waals surface area contributed by atoms with Gasteiger partial charge in [0.1, 0.15) is 11.2 Å². The summed E-state index contributed by atoms with van der Waals surface area (Å²) in [7, 11) is 0. The smallest absolute Gasteiger partial charge is 0.271 e. The molecule has 5 rings (SSSR count). The van der Waals surface area contributed by atoms with Crippen LogP contribution in [0.3, 0.4) is 0 Å². The van der Waals surface area contributed by atoms with Crippen LogP contribution in [0.25, 0.3) is 11.1 Å². The number of rotatable bonds is 4. The number of furan rings is 1. The lowest BCUT2D eigenvalue weighted by atomic mass is 9.91. The molecule has 1 fully saturated rings. The summed E-state index contributed by atoms with van der Waals surface area (Å²) in [5.41, 5.74) is 1.95. The van der Waals surface area contributed by atoms with E-state index in [0.29, 0.717) is 29.4 Å². The fourth-order valence-corrected chi connectivity index (χ4v) is 5.36. The van der Waals surface area contributed by atoms with Gasteiger partial charge in [0.05, 0.1) is 18.3 Å². The molecule has 3 aromatic rings. The third-order valence-electron chi connectivity index (χ3n) is 7.23. The number of nitrogens with zero attached hydrogens (tertiary/aromatic N) is 2. The lowest BCUT2D eigenvalue weighted by Gasteiger charge is -2.44. The number of benzene rings is 1. The lowest BCUT2D eigenvalue weighted by molar-refractivity contribution is -0.134. The van der Waals surface area contributed by atoms with Crippen LogP contribution in [0.5, 0.6) is 0 Å². The number of hydrogen-bond donors (Lipinski definition) is 1. The predicted octanol–water partition coefficient (Wildman–Crippen LogP) is 5.53. The molecule has 0 bridgehead atoms. The van der Waals surface area contributed by atoms with Crippen LogP contribution < -0.4 is 5.32 Å². The van der Waals surface area contributed by atoms with Gasteiger partial charge in [-0.05, 0) is 37.5 Å². The molecule has 0 radical (unpaired) electrons. The molecular weight excluding hydrogens is 438 g/mol. The second-order valence-corrected chi connectivity index (χ2v) is 10.0. The fraction of sp³-hybridized carbons (Fsp3) is 0.462. The number of carbonyl (C=O) groups excluding carboxylic acids is 2. The SMILES string of the molecule is C[C@]1(C(=O)NC2CCCCCCC2)Cn2c(cc3occc32)C(=O)N1Cc1ccc(Cl)cc1. The van der Waals surface area contributed by atoms with Gasteiger partial charge in [0.15, 0.2) is 5.58 Å². The van der Waals surface area contributed by atoms with Crippen molar-refractivity contribution < 1.29 is 14.0 Å². The van der Waals surface area contributed by atoms with E-state index in [1.807, 2.05) is 41.8 Å².